The van der Waals surface area contributed by atoms with Crippen LogP contribution in [0.5, 0.6) is 0 Å². The molecule has 1 atom stereocenters. The van der Waals surface area contributed by atoms with Gasteiger partial charge in [-0.05, 0) is 32.5 Å². The maximum Gasteiger partial charge on any atom is 0.271 e. The molecule has 0 aliphatic rings. The molecule has 0 aliphatic heterocycles. The lowest BCUT2D eigenvalue weighted by molar-refractivity contribution is 0.0937. The smallest absolute Gasteiger partial charge is 0.271 e. The summed E-state index contributed by atoms with van der Waals surface area (Å²) in [4.78, 5) is 23.5. The second kappa shape index (κ2) is 6.58. The summed E-state index contributed by atoms with van der Waals surface area (Å²) in [5, 5.41) is 4.95. The minimum atomic E-state index is -0.194. The number of nitrogens with zero attached hydrogens (tertiary/aromatic N) is 3. The summed E-state index contributed by atoms with van der Waals surface area (Å²) in [6, 6.07) is 4.26. The van der Waals surface area contributed by atoms with Gasteiger partial charge in [-0.25, -0.2) is 4.98 Å². The molecule has 0 spiro atoms. The fourth-order valence-corrected chi connectivity index (χ4v) is 2.73. The lowest BCUT2D eigenvalue weighted by Crippen LogP contribution is -2.34. The van der Waals surface area contributed by atoms with Crippen molar-refractivity contribution in [3.05, 3.63) is 46.2 Å². The average Bonchev–Trinajstić information content (AvgIpc) is 2.93. The van der Waals surface area contributed by atoms with Gasteiger partial charge in [0.1, 0.15) is 5.69 Å². The maximum atomic E-state index is 12.0. The van der Waals surface area contributed by atoms with Crippen LogP contribution in [-0.2, 0) is 0 Å². The highest BCUT2D eigenvalue weighted by Gasteiger charge is 2.17. The Labute approximate surface area is 122 Å². The van der Waals surface area contributed by atoms with Crippen LogP contribution in [0, 0.1) is 6.92 Å². The number of aryl methyl sites for hydroxylation is 1. The van der Waals surface area contributed by atoms with Crippen molar-refractivity contribution in [2.24, 2.45) is 0 Å². The summed E-state index contributed by atoms with van der Waals surface area (Å²) in [5.74, 6) is -0.194. The quantitative estimate of drug-likeness (QED) is 0.913. The van der Waals surface area contributed by atoms with E-state index in [0.717, 1.165) is 5.69 Å². The summed E-state index contributed by atoms with van der Waals surface area (Å²) in [6.45, 7) is 2.38. The second-order valence-corrected chi connectivity index (χ2v) is 5.73. The van der Waals surface area contributed by atoms with Gasteiger partial charge in [0.2, 0.25) is 0 Å². The zero-order valence-electron chi connectivity index (χ0n) is 11.8. The number of hydrogen-bond donors (Lipinski definition) is 1. The Kier molecular flexibility index (Phi) is 4.81. The lowest BCUT2D eigenvalue weighted by Gasteiger charge is -2.23. The number of carbonyl (C=O) groups is 1. The van der Waals surface area contributed by atoms with Crippen molar-refractivity contribution in [1.82, 2.24) is 20.2 Å². The molecule has 0 saturated carbocycles. The molecule has 0 aromatic carbocycles. The number of hydrogen-bond acceptors (Lipinski definition) is 5. The predicted molar refractivity (Wildman–Crippen MR) is 79.8 cm³/mol. The number of rotatable bonds is 5. The highest BCUT2D eigenvalue weighted by molar-refractivity contribution is 7.10. The Morgan fingerprint density at radius 1 is 1.40 bits per heavy atom. The third kappa shape index (κ3) is 3.61. The third-order valence-electron chi connectivity index (χ3n) is 2.96. The van der Waals surface area contributed by atoms with Crippen LogP contribution in [0.3, 0.4) is 0 Å². The summed E-state index contributed by atoms with van der Waals surface area (Å²) < 4.78 is 0. The molecule has 1 N–H and O–H groups in total. The second-order valence-electron chi connectivity index (χ2n) is 4.75. The van der Waals surface area contributed by atoms with E-state index in [2.05, 4.69) is 26.3 Å². The summed E-state index contributed by atoms with van der Waals surface area (Å²) in [7, 11) is 4.00. The predicted octanol–water partition coefficient (Wildman–Crippen LogP) is 1.88. The monoisotopic (exact) mass is 290 g/mol. The Bertz CT molecular complexity index is 551. The Balaban J connectivity index is 1.99. The molecule has 2 aromatic rings. The van der Waals surface area contributed by atoms with Gasteiger partial charge < -0.3 is 10.2 Å². The molecule has 0 fully saturated rings. The van der Waals surface area contributed by atoms with Crippen LogP contribution < -0.4 is 5.32 Å². The van der Waals surface area contributed by atoms with Crippen LogP contribution in [0.1, 0.15) is 27.1 Å². The van der Waals surface area contributed by atoms with Crippen LogP contribution in [0.4, 0.5) is 0 Å². The fraction of sp³-hybridized carbons (Fsp3) is 0.357. The first-order chi connectivity index (χ1) is 9.58. The van der Waals surface area contributed by atoms with Crippen LogP contribution in [-0.4, -0.2) is 41.4 Å². The van der Waals surface area contributed by atoms with Gasteiger partial charge in [-0.2, -0.15) is 0 Å². The Hall–Kier alpha value is -1.79. The van der Waals surface area contributed by atoms with Crippen LogP contribution >= 0.6 is 11.3 Å². The first kappa shape index (κ1) is 14.6. The number of likely N-dealkylation sites (N-methyl/N-ethyl adjacent to an activating group) is 1. The van der Waals surface area contributed by atoms with E-state index in [4.69, 9.17) is 0 Å². The van der Waals surface area contributed by atoms with Crippen molar-refractivity contribution in [1.29, 1.82) is 0 Å². The molecule has 0 unspecified atom stereocenters. The molecule has 0 bridgehead atoms. The van der Waals surface area contributed by atoms with Gasteiger partial charge in [-0.1, -0.05) is 6.07 Å². The topological polar surface area (TPSA) is 58.1 Å². The van der Waals surface area contributed by atoms with E-state index in [9.17, 15) is 4.79 Å². The lowest BCUT2D eigenvalue weighted by atomic mass is 10.2. The molecule has 2 aromatic heterocycles. The van der Waals surface area contributed by atoms with E-state index in [1.165, 1.54) is 11.1 Å². The van der Waals surface area contributed by atoms with Crippen molar-refractivity contribution in [2.75, 3.05) is 20.6 Å². The van der Waals surface area contributed by atoms with Gasteiger partial charge in [0.15, 0.2) is 0 Å². The van der Waals surface area contributed by atoms with Crippen molar-refractivity contribution < 1.29 is 4.79 Å². The van der Waals surface area contributed by atoms with Crippen molar-refractivity contribution in [2.45, 2.75) is 13.0 Å². The molecule has 0 radical (unpaired) electrons. The van der Waals surface area contributed by atoms with E-state index in [-0.39, 0.29) is 11.9 Å². The van der Waals surface area contributed by atoms with E-state index < -0.39 is 0 Å². The first-order valence-corrected chi connectivity index (χ1v) is 7.22. The van der Waals surface area contributed by atoms with Gasteiger partial charge in [-0.15, -0.1) is 11.3 Å². The van der Waals surface area contributed by atoms with E-state index in [0.29, 0.717) is 12.2 Å². The largest absolute Gasteiger partial charge is 0.349 e. The van der Waals surface area contributed by atoms with E-state index >= 15 is 0 Å². The molecule has 2 heterocycles. The van der Waals surface area contributed by atoms with E-state index in [1.54, 1.807) is 17.5 Å². The zero-order chi connectivity index (χ0) is 14.5. The average molecular weight is 290 g/mol. The zero-order valence-corrected chi connectivity index (χ0v) is 12.6. The number of aromatic nitrogens is 2. The third-order valence-corrected chi connectivity index (χ3v) is 3.94. The van der Waals surface area contributed by atoms with Gasteiger partial charge in [0.05, 0.1) is 17.9 Å². The fourth-order valence-electron chi connectivity index (χ4n) is 1.81. The first-order valence-electron chi connectivity index (χ1n) is 6.34. The molecule has 2 rings (SSSR count). The molecule has 5 nitrogen and oxygen atoms in total. The van der Waals surface area contributed by atoms with Crippen LogP contribution in [0.15, 0.2) is 29.9 Å². The summed E-state index contributed by atoms with van der Waals surface area (Å²) in [6.07, 6.45) is 3.10. The molecule has 1 amide bonds. The van der Waals surface area contributed by atoms with Gasteiger partial charge >= 0.3 is 0 Å². The molecule has 106 valence electrons. The number of carbonyl (C=O) groups excluding carboxylic acids is 1. The maximum absolute atomic E-state index is 12.0. The molecule has 0 saturated heterocycles. The Morgan fingerprint density at radius 3 is 2.75 bits per heavy atom. The minimum absolute atomic E-state index is 0.164. The molecule has 0 aliphatic carbocycles. The molecular weight excluding hydrogens is 272 g/mol. The summed E-state index contributed by atoms with van der Waals surface area (Å²) >= 11 is 1.69. The number of nitrogens with one attached hydrogen (secondary N) is 1. The van der Waals surface area contributed by atoms with Crippen molar-refractivity contribution >= 4 is 17.2 Å². The summed E-state index contributed by atoms with van der Waals surface area (Å²) in [5.41, 5.74) is 1.14. The molecule has 6 heteroatoms. The standard InChI is InChI=1S/C14H18N4OS/c1-10-7-16-11(8-15-10)14(19)17-9-12(18(2)3)13-5-4-6-20-13/h4-8,12H,9H2,1-3H3,(H,17,19)/t12-/m0/s1. The molecule has 20 heavy (non-hydrogen) atoms. The minimum Gasteiger partial charge on any atom is -0.349 e. The number of amides is 1. The normalized spacial score (nSPS) is 12.4. The SMILES string of the molecule is Cc1cnc(C(=O)NC[C@@H](c2cccs2)N(C)C)cn1. The van der Waals surface area contributed by atoms with Crippen LogP contribution in [0.2, 0.25) is 0 Å². The van der Waals surface area contributed by atoms with Gasteiger partial charge in [0.25, 0.3) is 5.91 Å². The Morgan fingerprint density at radius 2 is 2.20 bits per heavy atom. The van der Waals surface area contributed by atoms with Crippen molar-refractivity contribution in [3.8, 4) is 0 Å². The van der Waals surface area contributed by atoms with Gasteiger partial charge in [0, 0.05) is 17.6 Å². The molecular formula is C14H18N4OS. The highest BCUT2D eigenvalue weighted by Crippen LogP contribution is 2.22. The van der Waals surface area contributed by atoms with Crippen LogP contribution in [0.25, 0.3) is 0 Å². The highest BCUT2D eigenvalue weighted by atomic mass is 32.1. The van der Waals surface area contributed by atoms with Crippen molar-refractivity contribution in [3.63, 3.8) is 0 Å². The van der Waals surface area contributed by atoms with E-state index in [1.807, 2.05) is 32.5 Å². The number of thiophene rings is 1. The van der Waals surface area contributed by atoms with Gasteiger partial charge in [-0.3, -0.25) is 9.78 Å².